The van der Waals surface area contributed by atoms with Crippen LogP contribution in [0.3, 0.4) is 0 Å². The van der Waals surface area contributed by atoms with Gasteiger partial charge in [-0.15, -0.1) is 0 Å². The van der Waals surface area contributed by atoms with Gasteiger partial charge < -0.3 is 54.9 Å². The summed E-state index contributed by atoms with van der Waals surface area (Å²) < 4.78 is 20.5. The van der Waals surface area contributed by atoms with Crippen molar-refractivity contribution in [3.8, 4) is 0 Å². The predicted molar refractivity (Wildman–Crippen MR) is 237 cm³/mol. The van der Waals surface area contributed by atoms with Crippen molar-refractivity contribution >= 4 is 52.9 Å². The second kappa shape index (κ2) is 21.3. The number of benzene rings is 3. The van der Waals surface area contributed by atoms with Crippen LogP contribution < -0.4 is 26.2 Å². The third-order valence-electron chi connectivity index (χ3n) is 11.8. The van der Waals surface area contributed by atoms with Crippen molar-refractivity contribution in [2.24, 2.45) is 0 Å². The molecule has 0 aromatic heterocycles. The molecule has 4 unspecified atom stereocenters. The lowest BCUT2D eigenvalue weighted by Crippen LogP contribution is -2.60. The Morgan fingerprint density at radius 3 is 1.33 bits per heavy atom. The number of hydrogen-bond acceptors (Lipinski definition) is 11. The molecule has 4 N–H and O–H groups in total. The number of anilines is 3. The molecular weight excluding hydrogens is 811 g/mol. The molecule has 63 heavy (non-hydrogen) atoms. The maximum absolute atomic E-state index is 13.7. The SMILES string of the molecule is COC(=O)NC(C(=O)N1CCCC1C(=O)Nc1ccc(CN(Cc2ccc(NC(=O)C3CCCN3C(=O)C(NC(=O)OC)C(C)(C)OC)cc2)c2ccccc2)cc1)C(C)(C)OC. The first-order valence-corrected chi connectivity index (χ1v) is 21.0. The number of carbonyl (C=O) groups is 6. The molecule has 0 radical (unpaired) electrons. The first kappa shape index (κ1) is 47.8. The van der Waals surface area contributed by atoms with Gasteiger partial charge >= 0.3 is 12.2 Å². The van der Waals surface area contributed by atoms with E-state index in [0.717, 1.165) is 16.8 Å². The normalized spacial score (nSPS) is 17.3. The summed E-state index contributed by atoms with van der Waals surface area (Å²) in [6.45, 7) is 8.54. The number of rotatable bonds is 17. The lowest BCUT2D eigenvalue weighted by Gasteiger charge is -2.36. The summed E-state index contributed by atoms with van der Waals surface area (Å²) in [5.74, 6) is -1.52. The molecule has 4 atom stereocenters. The van der Waals surface area contributed by atoms with E-state index in [2.05, 4.69) is 26.2 Å². The number of carbonyl (C=O) groups excluding carboxylic acids is 6. The standard InChI is InChI=1S/C46H61N7O10/c1-45(2,62-7)37(49-43(58)60-5)41(56)52-26-12-16-35(52)39(54)47-32-22-18-30(19-23-32)28-51(34-14-10-9-11-15-34)29-31-20-24-33(25-21-31)48-40(55)36-17-13-27-53(36)42(57)38(46(3,4)63-8)50-44(59)61-6/h9-11,14-15,18-25,35-38H,12-13,16-17,26-29H2,1-8H3,(H,47,54)(H,48,55)(H,49,58)(H,50,59). The van der Waals surface area contributed by atoms with Crippen molar-refractivity contribution < 1.29 is 47.7 Å². The summed E-state index contributed by atoms with van der Waals surface area (Å²) >= 11 is 0. The molecule has 3 aromatic carbocycles. The Morgan fingerprint density at radius 1 is 0.603 bits per heavy atom. The first-order valence-electron chi connectivity index (χ1n) is 21.0. The molecule has 2 heterocycles. The van der Waals surface area contributed by atoms with Crippen LogP contribution in [0.25, 0.3) is 0 Å². The van der Waals surface area contributed by atoms with Crippen molar-refractivity contribution in [3.63, 3.8) is 0 Å². The van der Waals surface area contributed by atoms with E-state index < -0.39 is 59.4 Å². The average Bonchev–Trinajstić information content (AvgIpc) is 4.00. The highest BCUT2D eigenvalue weighted by Crippen LogP contribution is 2.28. The summed E-state index contributed by atoms with van der Waals surface area (Å²) in [6.07, 6.45) is 0.648. The highest BCUT2D eigenvalue weighted by molar-refractivity contribution is 6.00. The summed E-state index contributed by atoms with van der Waals surface area (Å²) in [5, 5.41) is 11.1. The van der Waals surface area contributed by atoms with Crippen molar-refractivity contribution in [1.82, 2.24) is 20.4 Å². The minimum Gasteiger partial charge on any atom is -0.453 e. The van der Waals surface area contributed by atoms with Crippen molar-refractivity contribution in [2.75, 3.05) is 57.1 Å². The number of nitrogens with one attached hydrogen (secondary N) is 4. The zero-order valence-corrected chi connectivity index (χ0v) is 37.4. The van der Waals surface area contributed by atoms with E-state index in [0.29, 0.717) is 63.2 Å². The minimum absolute atomic E-state index is 0.326. The third-order valence-corrected chi connectivity index (χ3v) is 11.8. The molecule has 6 amide bonds. The van der Waals surface area contributed by atoms with Gasteiger partial charge in [0.1, 0.15) is 24.2 Å². The molecule has 2 saturated heterocycles. The molecule has 0 aliphatic carbocycles. The van der Waals surface area contributed by atoms with E-state index in [1.54, 1.807) is 27.7 Å². The zero-order chi connectivity index (χ0) is 45.9. The minimum atomic E-state index is -1.08. The highest BCUT2D eigenvalue weighted by atomic mass is 16.5. The summed E-state index contributed by atoms with van der Waals surface area (Å²) in [5.41, 5.74) is 2.00. The van der Waals surface area contributed by atoms with Crippen LogP contribution in [-0.4, -0.2) is 123 Å². The van der Waals surface area contributed by atoms with Gasteiger partial charge in [-0.1, -0.05) is 42.5 Å². The van der Waals surface area contributed by atoms with Crippen LogP contribution in [-0.2, 0) is 51.2 Å². The monoisotopic (exact) mass is 871 g/mol. The van der Waals surface area contributed by atoms with E-state index in [9.17, 15) is 28.8 Å². The molecular formula is C46H61N7O10. The Labute approximate surface area is 369 Å². The van der Waals surface area contributed by atoms with E-state index in [1.807, 2.05) is 78.9 Å². The number of methoxy groups -OCH3 is 4. The number of alkyl carbamates (subject to hydrolysis) is 2. The number of nitrogens with zero attached hydrogens (tertiary/aromatic N) is 3. The Morgan fingerprint density at radius 2 is 0.984 bits per heavy atom. The number of likely N-dealkylation sites (tertiary alicyclic amines) is 2. The van der Waals surface area contributed by atoms with Crippen molar-refractivity contribution in [3.05, 3.63) is 90.0 Å². The Bertz CT molecular complexity index is 1940. The summed E-state index contributed by atoms with van der Waals surface area (Å²) in [4.78, 5) is 84.1. The highest BCUT2D eigenvalue weighted by Gasteiger charge is 2.45. The molecule has 340 valence electrons. The summed E-state index contributed by atoms with van der Waals surface area (Å²) in [7, 11) is 5.33. The van der Waals surface area contributed by atoms with E-state index in [-0.39, 0.29) is 11.8 Å². The van der Waals surface area contributed by atoms with Crippen LogP contribution in [0.1, 0.15) is 64.5 Å². The van der Waals surface area contributed by atoms with Gasteiger partial charge in [0.2, 0.25) is 23.6 Å². The Hall–Kier alpha value is -6.20. The summed E-state index contributed by atoms with van der Waals surface area (Å²) in [6, 6.07) is 21.5. The van der Waals surface area contributed by atoms with Gasteiger partial charge in [0.25, 0.3) is 0 Å². The van der Waals surface area contributed by atoms with Gasteiger partial charge in [0.15, 0.2) is 0 Å². The molecule has 17 nitrogen and oxygen atoms in total. The smallest absolute Gasteiger partial charge is 0.407 e. The maximum Gasteiger partial charge on any atom is 0.407 e. The van der Waals surface area contributed by atoms with E-state index in [4.69, 9.17) is 18.9 Å². The molecule has 3 aromatic rings. The van der Waals surface area contributed by atoms with E-state index in [1.165, 1.54) is 38.2 Å². The molecule has 5 rings (SSSR count). The number of ether oxygens (including phenoxy) is 4. The number of hydrogen-bond donors (Lipinski definition) is 4. The molecule has 0 spiro atoms. The number of para-hydroxylation sites is 1. The van der Waals surface area contributed by atoms with Crippen LogP contribution in [0, 0.1) is 0 Å². The van der Waals surface area contributed by atoms with Gasteiger partial charge in [-0.05, 0) is 101 Å². The first-order chi connectivity index (χ1) is 30.0. The van der Waals surface area contributed by atoms with Gasteiger partial charge in [-0.25, -0.2) is 9.59 Å². The predicted octanol–water partition coefficient (Wildman–Crippen LogP) is 5.05. The van der Waals surface area contributed by atoms with Crippen LogP contribution in [0.15, 0.2) is 78.9 Å². The molecule has 17 heteroatoms. The molecule has 0 bridgehead atoms. The second-order valence-corrected chi connectivity index (χ2v) is 16.7. The quantitative estimate of drug-likeness (QED) is 0.142. The van der Waals surface area contributed by atoms with Gasteiger partial charge in [0, 0.05) is 57.5 Å². The van der Waals surface area contributed by atoms with Gasteiger partial charge in [-0.3, -0.25) is 19.2 Å². The van der Waals surface area contributed by atoms with Crippen LogP contribution in [0.2, 0.25) is 0 Å². The lowest BCUT2D eigenvalue weighted by atomic mass is 9.96. The van der Waals surface area contributed by atoms with Crippen LogP contribution >= 0.6 is 0 Å². The molecule has 0 saturated carbocycles. The molecule has 2 aliphatic heterocycles. The molecule has 2 aliphatic rings. The van der Waals surface area contributed by atoms with Gasteiger partial charge in [0.05, 0.1) is 25.4 Å². The number of amides is 6. The maximum atomic E-state index is 13.7. The fraction of sp³-hybridized carbons (Fsp3) is 0.478. The topological polar surface area (TPSA) is 197 Å². The zero-order valence-electron chi connectivity index (χ0n) is 37.4. The Balaban J connectivity index is 1.22. The fourth-order valence-corrected chi connectivity index (χ4v) is 7.75. The fourth-order valence-electron chi connectivity index (χ4n) is 7.75. The van der Waals surface area contributed by atoms with Crippen LogP contribution in [0.5, 0.6) is 0 Å². The average molecular weight is 872 g/mol. The van der Waals surface area contributed by atoms with Crippen molar-refractivity contribution in [2.45, 2.75) is 102 Å². The van der Waals surface area contributed by atoms with Crippen molar-refractivity contribution in [1.29, 1.82) is 0 Å². The van der Waals surface area contributed by atoms with Crippen LogP contribution in [0.4, 0.5) is 26.7 Å². The van der Waals surface area contributed by atoms with Gasteiger partial charge in [-0.2, -0.15) is 0 Å². The largest absolute Gasteiger partial charge is 0.453 e. The Kier molecular flexibility index (Phi) is 16.1. The van der Waals surface area contributed by atoms with E-state index >= 15 is 0 Å². The molecule has 2 fully saturated rings. The third kappa shape index (κ3) is 12.0. The lowest BCUT2D eigenvalue weighted by molar-refractivity contribution is -0.144. The second-order valence-electron chi connectivity index (χ2n) is 16.7.